The first-order chi connectivity index (χ1) is 13.1. The van der Waals surface area contributed by atoms with E-state index in [1.165, 1.54) is 5.56 Å². The van der Waals surface area contributed by atoms with Gasteiger partial charge >= 0.3 is 0 Å². The highest BCUT2D eigenvalue weighted by Gasteiger charge is 2.17. The van der Waals surface area contributed by atoms with Crippen LogP contribution in [0.2, 0.25) is 0 Å². The van der Waals surface area contributed by atoms with Crippen LogP contribution in [0.1, 0.15) is 32.3 Å². The van der Waals surface area contributed by atoms with Crippen molar-refractivity contribution in [3.05, 3.63) is 54.1 Å². The molecule has 0 saturated carbocycles. The van der Waals surface area contributed by atoms with Crippen molar-refractivity contribution in [3.8, 4) is 11.5 Å². The second-order valence-electron chi connectivity index (χ2n) is 7.01. The van der Waals surface area contributed by atoms with E-state index in [2.05, 4.69) is 22.8 Å². The number of amides is 1. The molecule has 2 aromatic carbocycles. The van der Waals surface area contributed by atoms with Crippen molar-refractivity contribution in [3.63, 3.8) is 0 Å². The van der Waals surface area contributed by atoms with E-state index in [-0.39, 0.29) is 18.0 Å². The Kier molecular flexibility index (Phi) is 6.58. The largest absolute Gasteiger partial charge is 0.490 e. The Hall–Kier alpha value is -2.69. The van der Waals surface area contributed by atoms with Gasteiger partial charge in [0.15, 0.2) is 11.5 Å². The molecule has 1 aliphatic heterocycles. The molecule has 27 heavy (non-hydrogen) atoms. The van der Waals surface area contributed by atoms with E-state index in [0.29, 0.717) is 13.2 Å². The third-order valence-electron chi connectivity index (χ3n) is 4.62. The van der Waals surface area contributed by atoms with Gasteiger partial charge < -0.3 is 20.1 Å². The van der Waals surface area contributed by atoms with Gasteiger partial charge in [0.25, 0.3) is 0 Å². The number of anilines is 1. The van der Waals surface area contributed by atoms with Crippen LogP contribution in [0.5, 0.6) is 11.5 Å². The highest BCUT2D eigenvalue weighted by Crippen LogP contribution is 2.32. The molecule has 3 rings (SSSR count). The molecule has 2 atom stereocenters. The van der Waals surface area contributed by atoms with E-state index < -0.39 is 0 Å². The molecule has 2 N–H and O–H groups in total. The average Bonchev–Trinajstić information content (AvgIpc) is 2.92. The number of hydrogen-bond donors (Lipinski definition) is 2. The lowest BCUT2D eigenvalue weighted by atomic mass is 10.1. The quantitative estimate of drug-likeness (QED) is 0.781. The van der Waals surface area contributed by atoms with Crippen molar-refractivity contribution in [2.75, 3.05) is 18.5 Å². The van der Waals surface area contributed by atoms with Gasteiger partial charge in [0.1, 0.15) is 6.04 Å². The minimum atomic E-state index is -0.339. The zero-order valence-electron chi connectivity index (χ0n) is 16.0. The summed E-state index contributed by atoms with van der Waals surface area (Å²) in [6.07, 6.45) is 2.73. The molecule has 0 radical (unpaired) electrons. The molecule has 0 unspecified atom stereocenters. The number of benzene rings is 2. The second kappa shape index (κ2) is 9.31. The van der Waals surface area contributed by atoms with Gasteiger partial charge in [0.2, 0.25) is 5.91 Å². The monoisotopic (exact) mass is 368 g/mol. The third kappa shape index (κ3) is 5.64. The number of carbonyl (C=O) groups excluding carboxylic acids is 1. The molecule has 0 fully saturated rings. The van der Waals surface area contributed by atoms with Gasteiger partial charge in [-0.2, -0.15) is 0 Å². The lowest BCUT2D eigenvalue weighted by Gasteiger charge is -2.20. The number of hydrogen-bond acceptors (Lipinski definition) is 4. The lowest BCUT2D eigenvalue weighted by Crippen LogP contribution is -2.42. The van der Waals surface area contributed by atoms with Gasteiger partial charge in [-0.25, -0.2) is 0 Å². The maximum atomic E-state index is 12.5. The summed E-state index contributed by atoms with van der Waals surface area (Å²) >= 11 is 0. The predicted molar refractivity (Wildman–Crippen MR) is 108 cm³/mol. The maximum Gasteiger partial charge on any atom is 0.242 e. The molecule has 0 aromatic heterocycles. The van der Waals surface area contributed by atoms with Crippen molar-refractivity contribution in [1.82, 2.24) is 5.32 Å². The third-order valence-corrected chi connectivity index (χ3v) is 4.62. The predicted octanol–water partition coefficient (Wildman–Crippen LogP) is 3.79. The van der Waals surface area contributed by atoms with Crippen molar-refractivity contribution >= 4 is 11.6 Å². The Morgan fingerprint density at radius 3 is 2.56 bits per heavy atom. The van der Waals surface area contributed by atoms with E-state index in [4.69, 9.17) is 9.47 Å². The number of fused-ring (bicyclic) bond motifs is 1. The van der Waals surface area contributed by atoms with Crippen molar-refractivity contribution < 1.29 is 14.3 Å². The van der Waals surface area contributed by atoms with E-state index in [0.717, 1.165) is 36.4 Å². The molecular formula is C22H28N2O3. The zero-order valence-corrected chi connectivity index (χ0v) is 16.0. The number of aryl methyl sites for hydroxylation is 1. The van der Waals surface area contributed by atoms with Crippen molar-refractivity contribution in [2.45, 2.75) is 45.2 Å². The summed E-state index contributed by atoms with van der Waals surface area (Å²) in [7, 11) is 0. The summed E-state index contributed by atoms with van der Waals surface area (Å²) in [5.41, 5.74) is 2.14. The van der Waals surface area contributed by atoms with Crippen LogP contribution in [-0.4, -0.2) is 31.2 Å². The molecule has 0 bridgehead atoms. The van der Waals surface area contributed by atoms with Crippen LogP contribution in [0.25, 0.3) is 0 Å². The number of nitrogens with one attached hydrogen (secondary N) is 2. The van der Waals surface area contributed by atoms with Gasteiger partial charge in [0, 0.05) is 24.2 Å². The molecule has 1 amide bonds. The van der Waals surface area contributed by atoms with Gasteiger partial charge in [-0.15, -0.1) is 0 Å². The minimum absolute atomic E-state index is 0.0114. The molecule has 0 saturated heterocycles. The van der Waals surface area contributed by atoms with Crippen LogP contribution in [0.4, 0.5) is 5.69 Å². The molecule has 1 aliphatic rings. The molecule has 5 heteroatoms. The van der Waals surface area contributed by atoms with Crippen LogP contribution in [0, 0.1) is 0 Å². The average molecular weight is 368 g/mol. The van der Waals surface area contributed by atoms with Crippen molar-refractivity contribution in [1.29, 1.82) is 0 Å². The Balaban J connectivity index is 1.49. The topological polar surface area (TPSA) is 59.6 Å². The Bertz CT molecular complexity index is 748. The summed E-state index contributed by atoms with van der Waals surface area (Å²) in [6.45, 7) is 5.22. The first kappa shape index (κ1) is 19.1. The number of ether oxygens (including phenoxy) is 2. The van der Waals surface area contributed by atoms with E-state index in [1.54, 1.807) is 0 Å². The molecule has 1 heterocycles. The Labute approximate surface area is 161 Å². The summed E-state index contributed by atoms with van der Waals surface area (Å²) in [6, 6.07) is 15.8. The van der Waals surface area contributed by atoms with Crippen LogP contribution in [0.15, 0.2) is 48.5 Å². The van der Waals surface area contributed by atoms with Crippen LogP contribution >= 0.6 is 0 Å². The number of carbonyl (C=O) groups is 1. The van der Waals surface area contributed by atoms with E-state index in [1.807, 2.05) is 50.2 Å². The summed E-state index contributed by atoms with van der Waals surface area (Å²) in [5.74, 6) is 1.47. The first-order valence-corrected chi connectivity index (χ1v) is 9.62. The summed E-state index contributed by atoms with van der Waals surface area (Å²) in [5, 5.41) is 6.33. The highest BCUT2D eigenvalue weighted by atomic mass is 16.5. The first-order valence-electron chi connectivity index (χ1n) is 9.62. The van der Waals surface area contributed by atoms with Gasteiger partial charge in [0.05, 0.1) is 13.2 Å². The fraction of sp³-hybridized carbons (Fsp3) is 0.409. The van der Waals surface area contributed by atoms with Crippen LogP contribution in [-0.2, 0) is 11.2 Å². The van der Waals surface area contributed by atoms with E-state index >= 15 is 0 Å². The molecule has 2 aromatic rings. The molecular weight excluding hydrogens is 340 g/mol. The van der Waals surface area contributed by atoms with E-state index in [9.17, 15) is 4.79 Å². The Morgan fingerprint density at radius 2 is 1.78 bits per heavy atom. The fourth-order valence-corrected chi connectivity index (χ4v) is 3.04. The Morgan fingerprint density at radius 1 is 1.04 bits per heavy atom. The summed E-state index contributed by atoms with van der Waals surface area (Å²) < 4.78 is 11.3. The van der Waals surface area contributed by atoms with Gasteiger partial charge in [-0.1, -0.05) is 30.3 Å². The number of rotatable bonds is 7. The standard InChI is InChI=1S/C22H28N2O3/c1-16(9-10-18-7-4-3-5-8-18)23-22(25)17(2)24-19-11-12-20-21(15-19)27-14-6-13-26-20/h3-5,7-8,11-12,15-17,24H,6,9-10,13-14H2,1-2H3,(H,23,25)/t16-,17+/m1/s1. The normalized spacial score (nSPS) is 15.3. The fourth-order valence-electron chi connectivity index (χ4n) is 3.04. The SMILES string of the molecule is C[C@H](CCc1ccccc1)NC(=O)[C@H](C)Nc1ccc2c(c1)OCCCO2. The summed E-state index contributed by atoms with van der Waals surface area (Å²) in [4.78, 5) is 12.5. The van der Waals surface area contributed by atoms with Crippen LogP contribution in [0.3, 0.4) is 0 Å². The molecule has 0 aliphatic carbocycles. The molecule has 5 nitrogen and oxygen atoms in total. The highest BCUT2D eigenvalue weighted by molar-refractivity contribution is 5.84. The molecule has 144 valence electrons. The maximum absolute atomic E-state index is 12.5. The minimum Gasteiger partial charge on any atom is -0.490 e. The van der Waals surface area contributed by atoms with Crippen molar-refractivity contribution in [2.24, 2.45) is 0 Å². The zero-order chi connectivity index (χ0) is 19.1. The van der Waals surface area contributed by atoms with Gasteiger partial charge in [-0.3, -0.25) is 4.79 Å². The molecule has 0 spiro atoms. The lowest BCUT2D eigenvalue weighted by molar-refractivity contribution is -0.122. The smallest absolute Gasteiger partial charge is 0.242 e. The van der Waals surface area contributed by atoms with Gasteiger partial charge in [-0.05, 0) is 44.4 Å². The second-order valence-corrected chi connectivity index (χ2v) is 7.01. The van der Waals surface area contributed by atoms with Crippen LogP contribution < -0.4 is 20.1 Å².